The Labute approximate surface area is 161 Å². The first kappa shape index (κ1) is 16.3. The number of pyridine rings is 1. The van der Waals surface area contributed by atoms with Crippen molar-refractivity contribution >= 4 is 28.2 Å². The normalized spacial score (nSPS) is 17.6. The monoisotopic (exact) mass is 367 g/mol. The van der Waals surface area contributed by atoms with Crippen LogP contribution in [0.5, 0.6) is 5.75 Å². The van der Waals surface area contributed by atoms with Gasteiger partial charge >= 0.3 is 0 Å². The fourth-order valence-electron chi connectivity index (χ4n) is 3.88. The maximum Gasteiger partial charge on any atom is 0.236 e. The molecular weight excluding hydrogens is 350 g/mol. The lowest BCUT2D eigenvalue weighted by Gasteiger charge is -2.14. The van der Waals surface area contributed by atoms with Crippen molar-refractivity contribution in [2.24, 2.45) is 0 Å². The van der Waals surface area contributed by atoms with Crippen LogP contribution >= 0.6 is 0 Å². The van der Waals surface area contributed by atoms with Crippen LogP contribution in [0.25, 0.3) is 16.6 Å². The Morgan fingerprint density at radius 3 is 2.82 bits per heavy atom. The van der Waals surface area contributed by atoms with E-state index < -0.39 is 5.92 Å². The molecule has 3 aromatic rings. The van der Waals surface area contributed by atoms with E-state index in [1.165, 1.54) is 0 Å². The zero-order chi connectivity index (χ0) is 19.1. The Kier molecular flexibility index (Phi) is 3.72. The second-order valence-corrected chi connectivity index (χ2v) is 6.73. The van der Waals surface area contributed by atoms with Crippen LogP contribution in [0.15, 0.2) is 79.2 Å². The van der Waals surface area contributed by atoms with Crippen molar-refractivity contribution in [1.82, 2.24) is 10.3 Å². The molecule has 3 N–H and O–H groups in total. The number of hydrogen-bond acceptors (Lipinski definition) is 4. The van der Waals surface area contributed by atoms with Gasteiger partial charge in [0.1, 0.15) is 11.3 Å². The van der Waals surface area contributed by atoms with Crippen LogP contribution in [-0.4, -0.2) is 16.0 Å². The molecule has 28 heavy (non-hydrogen) atoms. The minimum Gasteiger partial charge on any atom is -0.506 e. The zero-order valence-corrected chi connectivity index (χ0v) is 14.9. The van der Waals surface area contributed by atoms with Crippen LogP contribution in [0.2, 0.25) is 0 Å². The van der Waals surface area contributed by atoms with E-state index in [1.54, 1.807) is 18.3 Å². The number of anilines is 1. The molecule has 0 spiro atoms. The molecular formula is C23H17N3O2. The summed E-state index contributed by atoms with van der Waals surface area (Å²) in [5, 5.41) is 17.2. The first-order valence-electron chi connectivity index (χ1n) is 9.05. The third kappa shape index (κ3) is 2.48. The molecule has 5 nitrogen and oxygen atoms in total. The minimum atomic E-state index is -0.459. The van der Waals surface area contributed by atoms with E-state index in [0.717, 1.165) is 33.5 Å². The number of hydrogen-bond donors (Lipinski definition) is 3. The molecule has 5 heteroatoms. The van der Waals surface area contributed by atoms with Crippen LogP contribution in [0, 0.1) is 0 Å². The van der Waals surface area contributed by atoms with E-state index in [-0.39, 0.29) is 11.7 Å². The highest BCUT2D eigenvalue weighted by Crippen LogP contribution is 2.43. The smallest absolute Gasteiger partial charge is 0.236 e. The van der Waals surface area contributed by atoms with Gasteiger partial charge in [-0.05, 0) is 35.4 Å². The Hall–Kier alpha value is -3.86. The predicted molar refractivity (Wildman–Crippen MR) is 110 cm³/mol. The van der Waals surface area contributed by atoms with Gasteiger partial charge in [0, 0.05) is 29.0 Å². The number of phenols is 1. The molecule has 3 heterocycles. The number of rotatable bonds is 2. The molecule has 1 aromatic heterocycles. The van der Waals surface area contributed by atoms with Crippen molar-refractivity contribution in [3.8, 4) is 5.75 Å². The maximum atomic E-state index is 13.0. The second kappa shape index (κ2) is 6.39. The number of aromatic hydroxyl groups is 1. The largest absolute Gasteiger partial charge is 0.506 e. The highest BCUT2D eigenvalue weighted by atomic mass is 16.3. The molecule has 136 valence electrons. The number of nitrogens with zero attached hydrogens (tertiary/aromatic N) is 1. The molecule has 1 atom stereocenters. The lowest BCUT2D eigenvalue weighted by atomic mass is 9.88. The van der Waals surface area contributed by atoms with Crippen molar-refractivity contribution in [2.45, 2.75) is 5.92 Å². The van der Waals surface area contributed by atoms with Gasteiger partial charge in [-0.15, -0.1) is 0 Å². The summed E-state index contributed by atoms with van der Waals surface area (Å²) in [7, 11) is 0. The van der Waals surface area contributed by atoms with Crippen molar-refractivity contribution < 1.29 is 9.90 Å². The summed E-state index contributed by atoms with van der Waals surface area (Å²) in [6, 6.07) is 13.0. The highest BCUT2D eigenvalue weighted by molar-refractivity contribution is 6.09. The topological polar surface area (TPSA) is 74.2 Å². The minimum absolute atomic E-state index is 0.0846. The molecule has 0 aliphatic carbocycles. The average molecular weight is 367 g/mol. The van der Waals surface area contributed by atoms with Gasteiger partial charge in [-0.25, -0.2) is 0 Å². The number of aromatic nitrogens is 1. The molecule has 1 unspecified atom stereocenters. The second-order valence-electron chi connectivity index (χ2n) is 6.73. The van der Waals surface area contributed by atoms with E-state index >= 15 is 0 Å². The quantitative estimate of drug-likeness (QED) is 0.639. The van der Waals surface area contributed by atoms with Gasteiger partial charge in [-0.2, -0.15) is 0 Å². The van der Waals surface area contributed by atoms with E-state index in [1.807, 2.05) is 60.8 Å². The summed E-state index contributed by atoms with van der Waals surface area (Å²) in [4.78, 5) is 17.3. The number of fused-ring (bicyclic) bond motifs is 2. The Bertz CT molecular complexity index is 1210. The number of carbonyl (C=O) groups is 1. The number of carbonyl (C=O) groups excluding carboxylic acids is 1. The van der Waals surface area contributed by atoms with Gasteiger partial charge < -0.3 is 15.7 Å². The van der Waals surface area contributed by atoms with E-state index in [9.17, 15) is 9.90 Å². The standard InChI is InChI=1S/C23H17N3O2/c27-19-11-10-14(15-8-5-13-25-22(15)19)20-17-7-4-6-16(21(17)26-23(20)28)18-9-2-1-3-12-24-18/h1-13,20,24,27H,(H,26,28). The lowest BCUT2D eigenvalue weighted by molar-refractivity contribution is -0.116. The Morgan fingerprint density at radius 1 is 0.964 bits per heavy atom. The summed E-state index contributed by atoms with van der Waals surface area (Å²) >= 11 is 0. The van der Waals surface area contributed by atoms with Crippen LogP contribution in [0.4, 0.5) is 5.69 Å². The van der Waals surface area contributed by atoms with Crippen LogP contribution in [0.1, 0.15) is 22.6 Å². The van der Waals surface area contributed by atoms with E-state index in [4.69, 9.17) is 0 Å². The fraction of sp³-hybridized carbons (Fsp3) is 0.0435. The van der Waals surface area contributed by atoms with Gasteiger partial charge in [-0.1, -0.05) is 42.5 Å². The number of allylic oxidation sites excluding steroid dienone is 4. The van der Waals surface area contributed by atoms with Gasteiger partial charge in [0.05, 0.1) is 11.6 Å². The maximum absolute atomic E-state index is 13.0. The lowest BCUT2D eigenvalue weighted by Crippen LogP contribution is -2.14. The average Bonchev–Trinajstić information content (AvgIpc) is 2.89. The van der Waals surface area contributed by atoms with Crippen LogP contribution < -0.4 is 10.6 Å². The number of phenolic OH excluding ortho intramolecular Hbond substituents is 1. The summed E-state index contributed by atoms with van der Waals surface area (Å²) in [5.74, 6) is -0.434. The third-order valence-electron chi connectivity index (χ3n) is 5.12. The number of nitrogens with one attached hydrogen (secondary N) is 2. The van der Waals surface area contributed by atoms with Gasteiger partial charge in [0.25, 0.3) is 0 Å². The number of para-hydroxylation sites is 1. The SMILES string of the molecule is O=C1Nc2c(C3=CC=CC=CN3)cccc2C1c1ccc(O)c2ncccc12. The van der Waals surface area contributed by atoms with Crippen LogP contribution in [0.3, 0.4) is 0 Å². The Balaban J connectivity index is 1.69. The molecule has 2 aromatic carbocycles. The van der Waals surface area contributed by atoms with Crippen LogP contribution in [-0.2, 0) is 4.79 Å². The van der Waals surface area contributed by atoms with E-state index in [2.05, 4.69) is 15.6 Å². The zero-order valence-electron chi connectivity index (χ0n) is 14.9. The summed E-state index contributed by atoms with van der Waals surface area (Å²) < 4.78 is 0. The van der Waals surface area contributed by atoms with Crippen molar-refractivity contribution in [1.29, 1.82) is 0 Å². The third-order valence-corrected chi connectivity index (χ3v) is 5.12. The summed E-state index contributed by atoms with van der Waals surface area (Å²) in [5.41, 5.74) is 4.91. The van der Waals surface area contributed by atoms with Gasteiger partial charge in [-0.3, -0.25) is 9.78 Å². The summed E-state index contributed by atoms with van der Waals surface area (Å²) in [6.07, 6.45) is 11.3. The van der Waals surface area contributed by atoms with Gasteiger partial charge in [0.15, 0.2) is 0 Å². The summed E-state index contributed by atoms with van der Waals surface area (Å²) in [6.45, 7) is 0. The number of benzene rings is 2. The van der Waals surface area contributed by atoms with Crippen molar-refractivity contribution in [3.63, 3.8) is 0 Å². The van der Waals surface area contributed by atoms with Crippen molar-refractivity contribution in [3.05, 3.63) is 95.9 Å². The first-order chi connectivity index (χ1) is 13.7. The van der Waals surface area contributed by atoms with Crippen molar-refractivity contribution in [2.75, 3.05) is 5.32 Å². The fourth-order valence-corrected chi connectivity index (χ4v) is 3.88. The number of amides is 1. The molecule has 2 aliphatic rings. The molecule has 0 radical (unpaired) electrons. The molecule has 1 amide bonds. The first-order valence-corrected chi connectivity index (χ1v) is 9.05. The highest BCUT2D eigenvalue weighted by Gasteiger charge is 2.35. The molecule has 0 saturated carbocycles. The predicted octanol–water partition coefficient (Wildman–Crippen LogP) is 4.04. The molecule has 0 fully saturated rings. The molecule has 5 rings (SSSR count). The van der Waals surface area contributed by atoms with E-state index in [0.29, 0.717) is 5.52 Å². The molecule has 0 bridgehead atoms. The molecule has 0 saturated heterocycles. The molecule has 2 aliphatic heterocycles. The Morgan fingerprint density at radius 2 is 1.89 bits per heavy atom. The van der Waals surface area contributed by atoms with Gasteiger partial charge in [0.2, 0.25) is 5.91 Å².